The van der Waals surface area contributed by atoms with Crippen molar-refractivity contribution in [3.05, 3.63) is 65.0 Å². The molecule has 0 aliphatic carbocycles. The molecule has 1 N–H and O–H groups in total. The topological polar surface area (TPSA) is 28.7 Å². The van der Waals surface area contributed by atoms with E-state index in [1.54, 1.807) is 0 Å². The van der Waals surface area contributed by atoms with Crippen molar-refractivity contribution in [2.24, 2.45) is 0 Å². The van der Waals surface area contributed by atoms with Crippen LogP contribution in [0.5, 0.6) is 0 Å². The van der Waals surface area contributed by atoms with Crippen LogP contribution in [0.15, 0.2) is 30.3 Å². The summed E-state index contributed by atoms with van der Waals surface area (Å²) in [5.74, 6) is -3.37. The van der Waals surface area contributed by atoms with Crippen molar-refractivity contribution in [1.29, 1.82) is 0 Å². The Morgan fingerprint density at radius 3 is 2.30 bits per heavy atom. The van der Waals surface area contributed by atoms with Gasteiger partial charge in [0.15, 0.2) is 11.6 Å². The lowest BCUT2D eigenvalue weighted by molar-refractivity contribution is 0.515. The summed E-state index contributed by atoms with van der Waals surface area (Å²) in [5.41, 5.74) is -0.0835. The fourth-order valence-electron chi connectivity index (χ4n) is 2.02. The zero-order chi connectivity index (χ0) is 14.3. The molecule has 20 heavy (non-hydrogen) atoms. The van der Waals surface area contributed by atoms with E-state index in [1.165, 1.54) is 12.1 Å². The number of rotatable bonds is 2. The normalized spacial score (nSPS) is 11.2. The van der Waals surface area contributed by atoms with Crippen molar-refractivity contribution in [2.45, 2.75) is 6.42 Å². The van der Waals surface area contributed by atoms with Crippen molar-refractivity contribution in [1.82, 2.24) is 9.97 Å². The van der Waals surface area contributed by atoms with Crippen molar-refractivity contribution in [3.63, 3.8) is 0 Å². The van der Waals surface area contributed by atoms with E-state index in [4.69, 9.17) is 0 Å². The highest BCUT2D eigenvalue weighted by Crippen LogP contribution is 2.21. The molecule has 2 aromatic carbocycles. The minimum atomic E-state index is -1.08. The van der Waals surface area contributed by atoms with Crippen LogP contribution >= 0.6 is 0 Å². The molecule has 0 aliphatic heterocycles. The summed E-state index contributed by atoms with van der Waals surface area (Å²) < 4.78 is 53.6. The highest BCUT2D eigenvalue weighted by molar-refractivity contribution is 5.75. The molecule has 0 radical (unpaired) electrons. The molecule has 1 heterocycles. The number of imidazole rings is 1. The van der Waals surface area contributed by atoms with E-state index in [1.807, 2.05) is 0 Å². The third-order valence-electron chi connectivity index (χ3n) is 3.00. The molecule has 0 bridgehead atoms. The van der Waals surface area contributed by atoms with Crippen LogP contribution in [0.3, 0.4) is 0 Å². The van der Waals surface area contributed by atoms with Crippen LogP contribution in [-0.2, 0) is 6.42 Å². The number of halogens is 4. The molecule has 0 atom stereocenters. The van der Waals surface area contributed by atoms with Gasteiger partial charge in [0.25, 0.3) is 0 Å². The van der Waals surface area contributed by atoms with Crippen LogP contribution < -0.4 is 0 Å². The maximum Gasteiger partial charge on any atom is 0.186 e. The Morgan fingerprint density at radius 1 is 0.900 bits per heavy atom. The number of nitrogens with one attached hydrogen (secondary N) is 1. The molecule has 0 saturated carbocycles. The number of H-pyrrole nitrogens is 1. The Morgan fingerprint density at radius 2 is 1.60 bits per heavy atom. The van der Waals surface area contributed by atoms with E-state index in [0.29, 0.717) is 0 Å². The Hall–Kier alpha value is -2.37. The smallest absolute Gasteiger partial charge is 0.186 e. The molecule has 2 nitrogen and oxygen atoms in total. The van der Waals surface area contributed by atoms with Gasteiger partial charge < -0.3 is 4.98 Å². The van der Waals surface area contributed by atoms with Gasteiger partial charge in [-0.25, -0.2) is 22.5 Å². The van der Waals surface area contributed by atoms with E-state index >= 15 is 0 Å². The molecule has 0 fully saturated rings. The van der Waals surface area contributed by atoms with Crippen LogP contribution in [0.4, 0.5) is 17.6 Å². The molecule has 1 aromatic heterocycles. The second-order valence-electron chi connectivity index (χ2n) is 4.32. The lowest BCUT2D eigenvalue weighted by atomic mass is 10.1. The first-order valence-corrected chi connectivity index (χ1v) is 5.81. The fourth-order valence-corrected chi connectivity index (χ4v) is 2.02. The van der Waals surface area contributed by atoms with Gasteiger partial charge in [-0.2, -0.15) is 0 Å². The van der Waals surface area contributed by atoms with Crippen LogP contribution in [0.25, 0.3) is 11.0 Å². The minimum Gasteiger partial charge on any atom is -0.342 e. The van der Waals surface area contributed by atoms with Gasteiger partial charge in [0, 0.05) is 12.0 Å². The van der Waals surface area contributed by atoms with Gasteiger partial charge in [0.05, 0.1) is 5.52 Å². The van der Waals surface area contributed by atoms with Crippen LogP contribution in [0.1, 0.15) is 11.4 Å². The summed E-state index contributed by atoms with van der Waals surface area (Å²) >= 11 is 0. The number of hydrogen-bond donors (Lipinski definition) is 1. The maximum atomic E-state index is 13.5. The SMILES string of the molecule is Fc1cccc(F)c1Cc1nc2c(F)c(F)ccc2[nH]1. The second-order valence-corrected chi connectivity index (χ2v) is 4.32. The van der Waals surface area contributed by atoms with Crippen molar-refractivity contribution < 1.29 is 17.6 Å². The van der Waals surface area contributed by atoms with Gasteiger partial charge in [0.1, 0.15) is 23.0 Å². The molecule has 0 saturated heterocycles. The number of fused-ring (bicyclic) bond motifs is 1. The number of aromatic amines is 1. The maximum absolute atomic E-state index is 13.5. The third-order valence-corrected chi connectivity index (χ3v) is 3.00. The van der Waals surface area contributed by atoms with E-state index in [9.17, 15) is 17.6 Å². The number of nitrogens with zero attached hydrogens (tertiary/aromatic N) is 1. The van der Waals surface area contributed by atoms with Gasteiger partial charge in [-0.3, -0.25) is 0 Å². The Balaban J connectivity index is 2.06. The lowest BCUT2D eigenvalue weighted by Gasteiger charge is -2.01. The first-order valence-electron chi connectivity index (χ1n) is 5.81. The first kappa shape index (κ1) is 12.7. The van der Waals surface area contributed by atoms with Crippen molar-refractivity contribution >= 4 is 11.0 Å². The van der Waals surface area contributed by atoms with Gasteiger partial charge in [-0.15, -0.1) is 0 Å². The molecular weight excluding hydrogens is 272 g/mol. The van der Waals surface area contributed by atoms with Gasteiger partial charge >= 0.3 is 0 Å². The summed E-state index contributed by atoms with van der Waals surface area (Å²) in [4.78, 5) is 6.56. The summed E-state index contributed by atoms with van der Waals surface area (Å²) in [6, 6.07) is 5.79. The second kappa shape index (κ2) is 4.63. The van der Waals surface area contributed by atoms with Gasteiger partial charge in [-0.1, -0.05) is 6.07 Å². The fraction of sp³-hybridized carbons (Fsp3) is 0.0714. The zero-order valence-electron chi connectivity index (χ0n) is 10.1. The highest BCUT2D eigenvalue weighted by atomic mass is 19.2. The van der Waals surface area contributed by atoms with Crippen LogP contribution in [0, 0.1) is 23.3 Å². The Labute approximate surface area is 111 Å². The number of benzene rings is 2. The number of hydrogen-bond acceptors (Lipinski definition) is 1. The van der Waals surface area contributed by atoms with Gasteiger partial charge in [0.2, 0.25) is 0 Å². The quantitative estimate of drug-likeness (QED) is 0.712. The summed E-state index contributed by atoms with van der Waals surface area (Å²) in [6.45, 7) is 0. The van der Waals surface area contributed by atoms with E-state index in [-0.39, 0.29) is 28.8 Å². The molecule has 0 spiro atoms. The summed E-state index contributed by atoms with van der Waals surface area (Å²) in [6.07, 6.45) is -0.172. The predicted octanol–water partition coefficient (Wildman–Crippen LogP) is 3.71. The largest absolute Gasteiger partial charge is 0.342 e. The molecule has 6 heteroatoms. The lowest BCUT2D eigenvalue weighted by Crippen LogP contribution is -1.98. The number of aromatic nitrogens is 2. The minimum absolute atomic E-state index is 0.161. The van der Waals surface area contributed by atoms with Gasteiger partial charge in [-0.05, 0) is 24.3 Å². The molecule has 102 valence electrons. The Kier molecular flexibility index (Phi) is 2.93. The molecule has 3 rings (SSSR count). The van der Waals surface area contributed by atoms with Crippen LogP contribution in [0.2, 0.25) is 0 Å². The summed E-state index contributed by atoms with van der Waals surface area (Å²) in [5, 5.41) is 0. The van der Waals surface area contributed by atoms with E-state index in [0.717, 1.165) is 18.2 Å². The standard InChI is InChI=1S/C14H8F4N2/c15-8-2-1-3-9(16)7(8)6-12-19-11-5-4-10(17)13(18)14(11)20-12/h1-5H,6H2,(H,19,20). The molecule has 0 amide bonds. The van der Waals surface area contributed by atoms with E-state index in [2.05, 4.69) is 9.97 Å². The molecule has 0 unspecified atom stereocenters. The van der Waals surface area contributed by atoms with Crippen molar-refractivity contribution in [2.75, 3.05) is 0 Å². The monoisotopic (exact) mass is 280 g/mol. The van der Waals surface area contributed by atoms with Crippen LogP contribution in [-0.4, -0.2) is 9.97 Å². The van der Waals surface area contributed by atoms with Crippen molar-refractivity contribution in [3.8, 4) is 0 Å². The average molecular weight is 280 g/mol. The molecule has 3 aromatic rings. The molecule has 0 aliphatic rings. The predicted molar refractivity (Wildman–Crippen MR) is 65.2 cm³/mol. The summed E-state index contributed by atoms with van der Waals surface area (Å²) in [7, 11) is 0. The molecular formula is C14H8F4N2. The van der Waals surface area contributed by atoms with E-state index < -0.39 is 23.3 Å². The first-order chi connectivity index (χ1) is 9.56. The average Bonchev–Trinajstić information content (AvgIpc) is 2.82. The third kappa shape index (κ3) is 2.03. The Bertz CT molecular complexity index is 775. The highest BCUT2D eigenvalue weighted by Gasteiger charge is 2.15. The zero-order valence-corrected chi connectivity index (χ0v) is 10.1.